The zero-order valence-corrected chi connectivity index (χ0v) is 11.0. The van der Waals surface area contributed by atoms with E-state index >= 15 is 0 Å². The van der Waals surface area contributed by atoms with Crippen molar-refractivity contribution >= 4 is 5.69 Å². The first-order valence-electron chi connectivity index (χ1n) is 6.82. The number of hydrogen-bond acceptors (Lipinski definition) is 4. The number of rotatable bonds is 4. The minimum atomic E-state index is 0.0409. The number of pyridine rings is 1. The van der Waals surface area contributed by atoms with Crippen molar-refractivity contribution in [3.05, 3.63) is 24.0 Å². The highest BCUT2D eigenvalue weighted by Gasteiger charge is 2.19. The molecule has 1 aliphatic rings. The number of nitrogens with zero attached hydrogens (tertiary/aromatic N) is 2. The fourth-order valence-electron chi connectivity index (χ4n) is 2.39. The molecule has 0 aromatic carbocycles. The molecule has 2 rings (SSSR count). The van der Waals surface area contributed by atoms with Crippen LogP contribution in [0.3, 0.4) is 0 Å². The molecule has 0 aliphatic carbocycles. The van der Waals surface area contributed by atoms with Crippen LogP contribution in [0.1, 0.15) is 37.9 Å². The third kappa shape index (κ3) is 3.00. The molecule has 1 atom stereocenters. The van der Waals surface area contributed by atoms with Gasteiger partial charge in [-0.3, -0.25) is 4.98 Å². The van der Waals surface area contributed by atoms with E-state index in [1.807, 2.05) is 12.3 Å². The maximum Gasteiger partial charge on any atom is 0.0572 e. The summed E-state index contributed by atoms with van der Waals surface area (Å²) in [6.45, 7) is 4.40. The number of aliphatic hydroxyl groups is 1. The third-order valence-electron chi connectivity index (χ3n) is 3.83. The van der Waals surface area contributed by atoms with Crippen molar-refractivity contribution in [3.63, 3.8) is 0 Å². The van der Waals surface area contributed by atoms with Gasteiger partial charge in [-0.25, -0.2) is 0 Å². The molecule has 18 heavy (non-hydrogen) atoms. The molecule has 0 amide bonds. The van der Waals surface area contributed by atoms with E-state index in [1.165, 1.54) is 5.69 Å². The summed E-state index contributed by atoms with van der Waals surface area (Å²) in [5.74, 6) is 0.474. The molecule has 3 N–H and O–H groups in total. The molecular weight excluding hydrogens is 226 g/mol. The molecule has 4 heteroatoms. The maximum absolute atomic E-state index is 9.13. The molecule has 0 bridgehead atoms. The standard InChI is InChI=1S/C14H23N3O/c1-2-13(15)14-4-3-12(9-16-14)17-7-5-11(10-18)6-8-17/h3-4,9,11,13,18H,2,5-8,10,15H2,1H3. The van der Waals surface area contributed by atoms with Crippen LogP contribution in [0.15, 0.2) is 18.3 Å². The zero-order valence-electron chi connectivity index (χ0n) is 11.0. The molecule has 1 saturated heterocycles. The number of nitrogens with two attached hydrogens (primary N) is 1. The van der Waals surface area contributed by atoms with Gasteiger partial charge in [0.15, 0.2) is 0 Å². The minimum Gasteiger partial charge on any atom is -0.396 e. The normalized spacial score (nSPS) is 18.9. The molecule has 0 spiro atoms. The molecule has 0 radical (unpaired) electrons. The van der Waals surface area contributed by atoms with Gasteiger partial charge in [-0.1, -0.05) is 6.92 Å². The fraction of sp³-hybridized carbons (Fsp3) is 0.643. The number of anilines is 1. The van der Waals surface area contributed by atoms with E-state index in [-0.39, 0.29) is 6.04 Å². The van der Waals surface area contributed by atoms with Crippen molar-refractivity contribution in [1.82, 2.24) is 4.98 Å². The monoisotopic (exact) mass is 249 g/mol. The lowest BCUT2D eigenvalue weighted by Crippen LogP contribution is -2.34. The quantitative estimate of drug-likeness (QED) is 0.852. The molecule has 0 saturated carbocycles. The third-order valence-corrected chi connectivity index (χ3v) is 3.83. The summed E-state index contributed by atoms with van der Waals surface area (Å²) in [7, 11) is 0. The molecule has 1 aliphatic heterocycles. The SMILES string of the molecule is CCC(N)c1ccc(N2CCC(CO)CC2)cn1. The molecule has 4 nitrogen and oxygen atoms in total. The molecule has 1 fully saturated rings. The smallest absolute Gasteiger partial charge is 0.0572 e. The van der Waals surface area contributed by atoms with Crippen LogP contribution in [0, 0.1) is 5.92 Å². The average Bonchev–Trinajstić information content (AvgIpc) is 2.47. The minimum absolute atomic E-state index is 0.0409. The molecular formula is C14H23N3O. The van der Waals surface area contributed by atoms with Gasteiger partial charge in [0.05, 0.1) is 17.6 Å². The second-order valence-electron chi connectivity index (χ2n) is 5.07. The second-order valence-corrected chi connectivity index (χ2v) is 5.07. The topological polar surface area (TPSA) is 62.4 Å². The number of aromatic nitrogens is 1. The lowest BCUT2D eigenvalue weighted by molar-refractivity contribution is 0.203. The number of hydrogen-bond donors (Lipinski definition) is 2. The van der Waals surface area contributed by atoms with Crippen LogP contribution >= 0.6 is 0 Å². The molecule has 100 valence electrons. The first kappa shape index (κ1) is 13.3. The van der Waals surface area contributed by atoms with E-state index in [2.05, 4.69) is 22.9 Å². The van der Waals surface area contributed by atoms with Crippen molar-refractivity contribution in [2.24, 2.45) is 11.7 Å². The van der Waals surface area contributed by atoms with E-state index in [0.717, 1.165) is 38.0 Å². The Morgan fingerprint density at radius 2 is 2.17 bits per heavy atom. The Morgan fingerprint density at radius 3 is 2.67 bits per heavy atom. The maximum atomic E-state index is 9.13. The lowest BCUT2D eigenvalue weighted by atomic mass is 9.97. The van der Waals surface area contributed by atoms with E-state index in [9.17, 15) is 0 Å². The van der Waals surface area contributed by atoms with Crippen LogP contribution in [0.4, 0.5) is 5.69 Å². The average molecular weight is 249 g/mol. The largest absolute Gasteiger partial charge is 0.396 e. The fourth-order valence-corrected chi connectivity index (χ4v) is 2.39. The van der Waals surface area contributed by atoms with Crippen LogP contribution < -0.4 is 10.6 Å². The van der Waals surface area contributed by atoms with Crippen molar-refractivity contribution < 1.29 is 5.11 Å². The van der Waals surface area contributed by atoms with Gasteiger partial charge in [0.1, 0.15) is 0 Å². The zero-order chi connectivity index (χ0) is 13.0. The van der Waals surface area contributed by atoms with Gasteiger partial charge in [-0.05, 0) is 37.3 Å². The van der Waals surface area contributed by atoms with E-state index in [4.69, 9.17) is 10.8 Å². The van der Waals surface area contributed by atoms with E-state index in [1.54, 1.807) is 0 Å². The Morgan fingerprint density at radius 1 is 1.44 bits per heavy atom. The summed E-state index contributed by atoms with van der Waals surface area (Å²) in [5, 5.41) is 9.13. The highest BCUT2D eigenvalue weighted by atomic mass is 16.3. The van der Waals surface area contributed by atoms with Crippen molar-refractivity contribution in [3.8, 4) is 0 Å². The highest BCUT2D eigenvalue weighted by molar-refractivity contribution is 5.45. The Kier molecular flexibility index (Phi) is 4.55. The van der Waals surface area contributed by atoms with Crippen LogP contribution in [0.5, 0.6) is 0 Å². The number of aliphatic hydroxyl groups excluding tert-OH is 1. The van der Waals surface area contributed by atoms with Gasteiger partial charge in [-0.15, -0.1) is 0 Å². The first-order chi connectivity index (χ1) is 8.74. The van der Waals surface area contributed by atoms with E-state index in [0.29, 0.717) is 12.5 Å². The summed E-state index contributed by atoms with van der Waals surface area (Å²) in [4.78, 5) is 6.78. The summed E-state index contributed by atoms with van der Waals surface area (Å²) >= 11 is 0. The first-order valence-corrected chi connectivity index (χ1v) is 6.82. The molecule has 2 heterocycles. The van der Waals surface area contributed by atoms with Gasteiger partial charge < -0.3 is 15.7 Å². The van der Waals surface area contributed by atoms with Crippen LogP contribution in [-0.2, 0) is 0 Å². The van der Waals surface area contributed by atoms with Gasteiger partial charge in [0.25, 0.3) is 0 Å². The van der Waals surface area contributed by atoms with Gasteiger partial charge in [0, 0.05) is 25.7 Å². The lowest BCUT2D eigenvalue weighted by Gasteiger charge is -2.32. The Balaban J connectivity index is 1.98. The summed E-state index contributed by atoms with van der Waals surface area (Å²) < 4.78 is 0. The summed E-state index contributed by atoms with van der Waals surface area (Å²) in [6, 6.07) is 4.18. The van der Waals surface area contributed by atoms with Crippen LogP contribution in [0.2, 0.25) is 0 Å². The molecule has 1 aromatic heterocycles. The molecule has 1 aromatic rings. The highest BCUT2D eigenvalue weighted by Crippen LogP contribution is 2.23. The predicted octanol–water partition coefficient (Wildman–Crippen LogP) is 1.70. The van der Waals surface area contributed by atoms with Gasteiger partial charge in [-0.2, -0.15) is 0 Å². The predicted molar refractivity (Wildman–Crippen MR) is 73.5 cm³/mol. The van der Waals surface area contributed by atoms with E-state index < -0.39 is 0 Å². The number of piperidine rings is 1. The summed E-state index contributed by atoms with van der Waals surface area (Å²) in [5.41, 5.74) is 8.08. The van der Waals surface area contributed by atoms with Crippen molar-refractivity contribution in [2.75, 3.05) is 24.6 Å². The van der Waals surface area contributed by atoms with Crippen molar-refractivity contribution in [1.29, 1.82) is 0 Å². The Hall–Kier alpha value is -1.13. The van der Waals surface area contributed by atoms with Gasteiger partial charge >= 0.3 is 0 Å². The Labute approximate surface area is 109 Å². The summed E-state index contributed by atoms with van der Waals surface area (Å²) in [6.07, 6.45) is 4.96. The van der Waals surface area contributed by atoms with Crippen LogP contribution in [0.25, 0.3) is 0 Å². The van der Waals surface area contributed by atoms with Crippen molar-refractivity contribution in [2.45, 2.75) is 32.2 Å². The van der Waals surface area contributed by atoms with Gasteiger partial charge in [0.2, 0.25) is 0 Å². The second kappa shape index (κ2) is 6.16. The van der Waals surface area contributed by atoms with Crippen LogP contribution in [-0.4, -0.2) is 29.8 Å². The molecule has 1 unspecified atom stereocenters. The Bertz CT molecular complexity index is 358.